The van der Waals surface area contributed by atoms with Crippen LogP contribution >= 0.6 is 11.8 Å². The molecule has 1 aliphatic rings. The van der Waals surface area contributed by atoms with Gasteiger partial charge in [0.2, 0.25) is 0 Å². The van der Waals surface area contributed by atoms with E-state index < -0.39 is 17.6 Å². The van der Waals surface area contributed by atoms with E-state index in [1.807, 2.05) is 0 Å². The Balaban J connectivity index is 1.58. The summed E-state index contributed by atoms with van der Waals surface area (Å²) in [7, 11) is 0. The Bertz CT molecular complexity index is 1400. The third kappa shape index (κ3) is 5.43. The lowest BCUT2D eigenvalue weighted by molar-refractivity contribution is -0.138. The molecule has 0 bridgehead atoms. The molecule has 0 spiro atoms. The zero-order valence-electron chi connectivity index (χ0n) is 18.7. The molecule has 1 amide bonds. The molecule has 0 saturated carbocycles. The number of benzene rings is 2. The largest absolute Gasteiger partial charge is 0.416 e. The fraction of sp³-hybridized carbons (Fsp3) is 0.250. The van der Waals surface area contributed by atoms with E-state index >= 15 is 0 Å². The second-order valence-electron chi connectivity index (χ2n) is 7.85. The highest BCUT2D eigenvalue weighted by Crippen LogP contribution is 2.34. The van der Waals surface area contributed by atoms with E-state index in [0.717, 1.165) is 17.8 Å². The summed E-state index contributed by atoms with van der Waals surface area (Å²) < 4.78 is 42.1. The molecular weight excluding hydrogens is 495 g/mol. The zero-order valence-corrected chi connectivity index (χ0v) is 19.6. The Hall–Kier alpha value is -3.66. The van der Waals surface area contributed by atoms with E-state index in [4.69, 9.17) is 5.26 Å². The molecule has 0 unspecified atom stereocenters. The maximum absolute atomic E-state index is 13.5. The number of carbonyl (C=O) groups excluding carboxylic acids is 1. The molecule has 8 nitrogen and oxygen atoms in total. The van der Waals surface area contributed by atoms with Crippen LogP contribution in [-0.4, -0.2) is 62.3 Å². The summed E-state index contributed by atoms with van der Waals surface area (Å²) in [5, 5.41) is 32.7. The fourth-order valence-corrected chi connectivity index (χ4v) is 4.72. The molecule has 2 aromatic carbocycles. The van der Waals surface area contributed by atoms with Crippen molar-refractivity contribution in [3.05, 3.63) is 69.8 Å². The van der Waals surface area contributed by atoms with E-state index in [1.165, 1.54) is 23.0 Å². The summed E-state index contributed by atoms with van der Waals surface area (Å²) >= 11 is 1.14. The lowest BCUT2D eigenvalue weighted by Gasteiger charge is -2.20. The van der Waals surface area contributed by atoms with Crippen LogP contribution in [0.4, 0.5) is 13.2 Å². The number of carbonyl (C=O) groups is 1. The second kappa shape index (κ2) is 10.5. The molecule has 1 aliphatic heterocycles. The fourth-order valence-electron chi connectivity index (χ4n) is 3.76. The average Bonchev–Trinajstić information content (AvgIpc) is 3.41. The van der Waals surface area contributed by atoms with Crippen molar-refractivity contribution in [2.75, 3.05) is 26.3 Å². The van der Waals surface area contributed by atoms with Crippen molar-refractivity contribution in [3.8, 4) is 6.07 Å². The Morgan fingerprint density at radius 1 is 1.14 bits per heavy atom. The third-order valence-electron chi connectivity index (χ3n) is 5.45. The normalized spacial score (nSPS) is 14.9. The van der Waals surface area contributed by atoms with Crippen molar-refractivity contribution >= 4 is 39.8 Å². The molecular formula is C24H20F3N5O3S. The van der Waals surface area contributed by atoms with E-state index in [2.05, 4.69) is 10.1 Å². The van der Waals surface area contributed by atoms with Crippen LogP contribution in [0.1, 0.15) is 22.3 Å². The van der Waals surface area contributed by atoms with Gasteiger partial charge in [0.1, 0.15) is 0 Å². The van der Waals surface area contributed by atoms with E-state index in [0.29, 0.717) is 26.5 Å². The molecule has 12 heteroatoms. The van der Waals surface area contributed by atoms with Crippen LogP contribution in [0.25, 0.3) is 17.0 Å². The number of nitrogens with zero attached hydrogens (tertiary/aromatic N) is 5. The molecule has 3 aromatic rings. The monoisotopic (exact) mass is 515 g/mol. The number of aromatic nitrogens is 2. The van der Waals surface area contributed by atoms with Gasteiger partial charge in [0.25, 0.3) is 5.91 Å². The lowest BCUT2D eigenvalue weighted by Crippen LogP contribution is -2.33. The number of amides is 1. The van der Waals surface area contributed by atoms with Crippen LogP contribution in [-0.2, 0) is 17.5 Å². The van der Waals surface area contributed by atoms with E-state index in [-0.39, 0.29) is 44.0 Å². The number of aliphatic hydroxyl groups is 2. The highest BCUT2D eigenvalue weighted by Gasteiger charge is 2.34. The number of aliphatic imine (C=N–C) groups is 1. The van der Waals surface area contributed by atoms with Crippen molar-refractivity contribution in [2.45, 2.75) is 12.7 Å². The van der Waals surface area contributed by atoms with Crippen LogP contribution < -0.4 is 0 Å². The second-order valence-corrected chi connectivity index (χ2v) is 8.86. The summed E-state index contributed by atoms with van der Waals surface area (Å²) in [6.07, 6.45) is -1.43. The molecule has 36 heavy (non-hydrogen) atoms. The molecule has 4 rings (SSSR count). The summed E-state index contributed by atoms with van der Waals surface area (Å²) in [6, 6.07) is 10.4. The van der Waals surface area contributed by atoms with E-state index in [1.54, 1.807) is 35.2 Å². The molecule has 1 aromatic heterocycles. The van der Waals surface area contributed by atoms with Crippen molar-refractivity contribution in [1.29, 1.82) is 5.26 Å². The predicted molar refractivity (Wildman–Crippen MR) is 129 cm³/mol. The standard InChI is InChI=1S/C24H20F3N5O3S/c25-24(26,27)19-10-16(12-28)1-3-17(19)14-32-20-4-2-15(9-18(20)13-29-32)11-21-22(35)30-23(36-21)31(5-7-33)6-8-34/h1-4,9-11,13,33-34H,5-8,14H2. The van der Waals surface area contributed by atoms with Crippen LogP contribution in [0.3, 0.4) is 0 Å². The first-order valence-electron chi connectivity index (χ1n) is 10.8. The smallest absolute Gasteiger partial charge is 0.395 e. The van der Waals surface area contributed by atoms with E-state index in [9.17, 15) is 28.2 Å². The lowest BCUT2D eigenvalue weighted by atomic mass is 10.0. The predicted octanol–water partition coefficient (Wildman–Crippen LogP) is 3.23. The number of alkyl halides is 3. The number of aliphatic hydroxyl groups excluding tert-OH is 2. The Labute approximate surface area is 208 Å². The van der Waals surface area contributed by atoms with Gasteiger partial charge in [0, 0.05) is 18.5 Å². The van der Waals surface area contributed by atoms with Crippen molar-refractivity contribution in [2.24, 2.45) is 4.99 Å². The maximum Gasteiger partial charge on any atom is 0.416 e. The summed E-state index contributed by atoms with van der Waals surface area (Å²) in [5.74, 6) is -0.438. The number of nitriles is 1. The number of amidine groups is 1. The minimum Gasteiger partial charge on any atom is -0.395 e. The van der Waals surface area contributed by atoms with Gasteiger partial charge in [-0.1, -0.05) is 12.1 Å². The minimum atomic E-state index is -4.61. The number of hydrogen-bond donors (Lipinski definition) is 2. The number of hydrogen-bond acceptors (Lipinski definition) is 7. The highest BCUT2D eigenvalue weighted by molar-refractivity contribution is 8.18. The minimum absolute atomic E-state index is 0.00867. The molecule has 0 fully saturated rings. The van der Waals surface area contributed by atoms with Gasteiger partial charge < -0.3 is 15.1 Å². The third-order valence-corrected chi connectivity index (χ3v) is 6.49. The van der Waals surface area contributed by atoms with Gasteiger partial charge in [0.05, 0.1) is 53.6 Å². The summed E-state index contributed by atoms with van der Waals surface area (Å²) in [5.41, 5.74) is 0.325. The van der Waals surface area contributed by atoms with Gasteiger partial charge in [0.15, 0.2) is 5.17 Å². The summed E-state index contributed by atoms with van der Waals surface area (Å²) in [4.78, 5) is 18.4. The van der Waals surface area contributed by atoms with Gasteiger partial charge in [-0.25, -0.2) is 0 Å². The van der Waals surface area contributed by atoms with Gasteiger partial charge in [-0.2, -0.15) is 28.5 Å². The number of fused-ring (bicyclic) bond motifs is 1. The first-order chi connectivity index (χ1) is 17.2. The molecule has 0 radical (unpaired) electrons. The quantitative estimate of drug-likeness (QED) is 0.465. The summed E-state index contributed by atoms with van der Waals surface area (Å²) in [6.45, 7) is 0.0170. The highest BCUT2D eigenvalue weighted by atomic mass is 32.2. The van der Waals surface area contributed by atoms with Gasteiger partial charge >= 0.3 is 6.18 Å². The van der Waals surface area contributed by atoms with Crippen molar-refractivity contribution < 1.29 is 28.2 Å². The van der Waals surface area contributed by atoms with Crippen molar-refractivity contribution in [3.63, 3.8) is 0 Å². The van der Waals surface area contributed by atoms with Crippen LogP contribution in [0, 0.1) is 11.3 Å². The first kappa shape index (κ1) is 25.4. The number of halogens is 3. The topological polar surface area (TPSA) is 115 Å². The zero-order chi connectivity index (χ0) is 25.9. The molecule has 0 aliphatic carbocycles. The SMILES string of the molecule is N#Cc1ccc(Cn2ncc3cc(C=C4SC(N(CCO)CCO)=NC4=O)ccc32)c(C(F)(F)F)c1. The maximum atomic E-state index is 13.5. The number of rotatable bonds is 7. The first-order valence-corrected chi connectivity index (χ1v) is 11.6. The Morgan fingerprint density at radius 2 is 1.89 bits per heavy atom. The molecule has 2 heterocycles. The Kier molecular flexibility index (Phi) is 7.44. The molecule has 186 valence electrons. The molecule has 0 saturated heterocycles. The van der Waals surface area contributed by atoms with Crippen molar-refractivity contribution in [1.82, 2.24) is 14.7 Å². The van der Waals surface area contributed by atoms with Gasteiger partial charge in [-0.3, -0.25) is 9.48 Å². The molecule has 2 N–H and O–H groups in total. The van der Waals surface area contributed by atoms with Crippen LogP contribution in [0.5, 0.6) is 0 Å². The van der Waals surface area contributed by atoms with Gasteiger partial charge in [-0.05, 0) is 53.2 Å². The molecule has 0 atom stereocenters. The van der Waals surface area contributed by atoms with Gasteiger partial charge in [-0.15, -0.1) is 0 Å². The number of thioether (sulfide) groups is 1. The van der Waals surface area contributed by atoms with Crippen LogP contribution in [0.2, 0.25) is 0 Å². The van der Waals surface area contributed by atoms with Crippen LogP contribution in [0.15, 0.2) is 52.5 Å². The average molecular weight is 516 g/mol. The Morgan fingerprint density at radius 3 is 2.56 bits per heavy atom.